The van der Waals surface area contributed by atoms with E-state index in [-0.39, 0.29) is 12.5 Å². The molecule has 0 radical (unpaired) electrons. The molecule has 0 aliphatic carbocycles. The molecule has 1 aromatic rings. The molecule has 1 heterocycles. The van der Waals surface area contributed by atoms with Crippen LogP contribution in [0.4, 0.5) is 5.95 Å². The topological polar surface area (TPSA) is 73.0 Å². The smallest absolute Gasteiger partial charge is 0.225 e. The maximum atomic E-state index is 8.81. The summed E-state index contributed by atoms with van der Waals surface area (Å²) in [6.45, 7) is 2.38. The van der Waals surface area contributed by atoms with E-state index in [0.717, 1.165) is 0 Å². The van der Waals surface area contributed by atoms with Gasteiger partial charge in [0, 0.05) is 31.5 Å². The van der Waals surface area contributed by atoms with E-state index in [0.29, 0.717) is 18.1 Å². The molecule has 0 saturated carbocycles. The summed E-state index contributed by atoms with van der Waals surface area (Å²) in [7, 11) is 1.84. The molecule has 15 heavy (non-hydrogen) atoms. The van der Waals surface area contributed by atoms with Gasteiger partial charge in [0.1, 0.15) is 0 Å². The second-order valence-corrected chi connectivity index (χ2v) is 3.46. The largest absolute Gasteiger partial charge is 0.392 e. The third-order valence-corrected chi connectivity index (χ3v) is 1.98. The number of aliphatic hydroxyl groups excluding tert-OH is 1. The van der Waals surface area contributed by atoms with Crippen LogP contribution in [0.15, 0.2) is 12.4 Å². The average Bonchev–Trinajstić information content (AvgIpc) is 2.29. The molecule has 1 N–H and O–H groups in total. The van der Waals surface area contributed by atoms with Gasteiger partial charge in [-0.1, -0.05) is 0 Å². The molecular formula is C10H14N4O. The van der Waals surface area contributed by atoms with Gasteiger partial charge in [-0.2, -0.15) is 5.26 Å². The first kappa shape index (κ1) is 11.4. The van der Waals surface area contributed by atoms with Gasteiger partial charge < -0.3 is 10.0 Å². The second-order valence-electron chi connectivity index (χ2n) is 3.46. The van der Waals surface area contributed by atoms with Crippen molar-refractivity contribution in [2.75, 3.05) is 18.5 Å². The van der Waals surface area contributed by atoms with Crippen molar-refractivity contribution in [1.82, 2.24) is 9.97 Å². The van der Waals surface area contributed by atoms with E-state index in [2.05, 4.69) is 16.0 Å². The van der Waals surface area contributed by atoms with Gasteiger partial charge in [-0.05, 0) is 6.92 Å². The van der Waals surface area contributed by atoms with Crippen molar-refractivity contribution < 1.29 is 5.11 Å². The van der Waals surface area contributed by atoms with Crippen molar-refractivity contribution in [2.24, 2.45) is 5.92 Å². The fourth-order valence-corrected chi connectivity index (χ4v) is 1.16. The van der Waals surface area contributed by atoms with Crippen molar-refractivity contribution in [3.63, 3.8) is 0 Å². The quantitative estimate of drug-likeness (QED) is 0.779. The zero-order chi connectivity index (χ0) is 11.3. The standard InChI is InChI=1S/C10H14N4O/c1-8(3-11)6-14(2)10-12-4-9(7-15)5-13-10/h4-5,8,15H,6-7H2,1-2H3. The highest BCUT2D eigenvalue weighted by Gasteiger charge is 2.08. The van der Waals surface area contributed by atoms with Crippen LogP contribution in [0.5, 0.6) is 0 Å². The number of aromatic nitrogens is 2. The van der Waals surface area contributed by atoms with Crippen LogP contribution in [-0.4, -0.2) is 28.7 Å². The van der Waals surface area contributed by atoms with Gasteiger partial charge in [0.05, 0.1) is 18.6 Å². The highest BCUT2D eigenvalue weighted by molar-refractivity contribution is 5.28. The normalized spacial score (nSPS) is 11.9. The van der Waals surface area contributed by atoms with Crippen molar-refractivity contribution in [3.05, 3.63) is 18.0 Å². The SMILES string of the molecule is CC(C#N)CN(C)c1ncc(CO)cn1. The van der Waals surface area contributed by atoms with E-state index in [1.807, 2.05) is 18.9 Å². The maximum absolute atomic E-state index is 8.81. The Morgan fingerprint density at radius 2 is 2.13 bits per heavy atom. The van der Waals surface area contributed by atoms with Crippen LogP contribution in [0.3, 0.4) is 0 Å². The number of anilines is 1. The predicted molar refractivity (Wildman–Crippen MR) is 56.0 cm³/mol. The second kappa shape index (κ2) is 5.27. The van der Waals surface area contributed by atoms with E-state index >= 15 is 0 Å². The Kier molecular flexibility index (Phi) is 4.01. The molecule has 0 aliphatic rings. The summed E-state index contributed by atoms with van der Waals surface area (Å²) >= 11 is 0. The summed E-state index contributed by atoms with van der Waals surface area (Å²) in [5.41, 5.74) is 0.681. The molecule has 1 aromatic heterocycles. The average molecular weight is 206 g/mol. The lowest BCUT2D eigenvalue weighted by Crippen LogP contribution is -2.25. The van der Waals surface area contributed by atoms with Gasteiger partial charge >= 0.3 is 0 Å². The fraction of sp³-hybridized carbons (Fsp3) is 0.500. The Bertz CT molecular complexity index is 343. The van der Waals surface area contributed by atoms with E-state index in [1.165, 1.54) is 0 Å². The third kappa shape index (κ3) is 3.18. The van der Waals surface area contributed by atoms with Crippen molar-refractivity contribution in [1.29, 1.82) is 5.26 Å². The van der Waals surface area contributed by atoms with Crippen LogP contribution in [0, 0.1) is 17.2 Å². The molecule has 1 rings (SSSR count). The number of aliphatic hydroxyl groups is 1. The number of nitrogens with zero attached hydrogens (tertiary/aromatic N) is 4. The molecule has 1 unspecified atom stereocenters. The number of hydrogen-bond acceptors (Lipinski definition) is 5. The molecule has 80 valence electrons. The minimum atomic E-state index is -0.0591. The lowest BCUT2D eigenvalue weighted by Gasteiger charge is -2.17. The molecule has 0 spiro atoms. The van der Waals surface area contributed by atoms with Gasteiger partial charge in [0.25, 0.3) is 0 Å². The summed E-state index contributed by atoms with van der Waals surface area (Å²) in [4.78, 5) is 9.98. The number of rotatable bonds is 4. The molecule has 0 fully saturated rings. The molecule has 0 bridgehead atoms. The first-order valence-electron chi connectivity index (χ1n) is 4.70. The highest BCUT2D eigenvalue weighted by Crippen LogP contribution is 2.07. The molecular weight excluding hydrogens is 192 g/mol. The molecule has 0 aromatic carbocycles. The Labute approximate surface area is 89.0 Å². The Hall–Kier alpha value is -1.67. The number of nitriles is 1. The fourth-order valence-electron chi connectivity index (χ4n) is 1.16. The van der Waals surface area contributed by atoms with Crippen molar-refractivity contribution in [2.45, 2.75) is 13.5 Å². The maximum Gasteiger partial charge on any atom is 0.225 e. The first-order chi connectivity index (χ1) is 7.17. The number of hydrogen-bond donors (Lipinski definition) is 1. The van der Waals surface area contributed by atoms with Gasteiger partial charge in [-0.15, -0.1) is 0 Å². The monoisotopic (exact) mass is 206 g/mol. The van der Waals surface area contributed by atoms with Crippen LogP contribution < -0.4 is 4.90 Å². The van der Waals surface area contributed by atoms with Gasteiger partial charge in [-0.25, -0.2) is 9.97 Å². The highest BCUT2D eigenvalue weighted by atomic mass is 16.3. The van der Waals surface area contributed by atoms with Gasteiger partial charge in [0.15, 0.2) is 0 Å². The van der Waals surface area contributed by atoms with Crippen LogP contribution in [0.25, 0.3) is 0 Å². The van der Waals surface area contributed by atoms with E-state index < -0.39 is 0 Å². The van der Waals surface area contributed by atoms with Gasteiger partial charge in [0.2, 0.25) is 5.95 Å². The predicted octanol–water partition coefficient (Wildman–Crippen LogP) is 0.565. The third-order valence-electron chi connectivity index (χ3n) is 1.98. The summed E-state index contributed by atoms with van der Waals surface area (Å²) in [6, 6.07) is 2.15. The lowest BCUT2D eigenvalue weighted by molar-refractivity contribution is 0.281. The molecule has 0 saturated heterocycles. The zero-order valence-electron chi connectivity index (χ0n) is 8.88. The van der Waals surface area contributed by atoms with Crippen LogP contribution in [0.1, 0.15) is 12.5 Å². The van der Waals surface area contributed by atoms with E-state index in [4.69, 9.17) is 10.4 Å². The Morgan fingerprint density at radius 3 is 2.60 bits per heavy atom. The first-order valence-corrected chi connectivity index (χ1v) is 4.70. The molecule has 0 aliphatic heterocycles. The minimum Gasteiger partial charge on any atom is -0.392 e. The van der Waals surface area contributed by atoms with Crippen LogP contribution >= 0.6 is 0 Å². The summed E-state index contributed by atoms with van der Waals surface area (Å²) < 4.78 is 0. The van der Waals surface area contributed by atoms with Gasteiger partial charge in [-0.3, -0.25) is 0 Å². The Balaban J connectivity index is 2.66. The summed E-state index contributed by atoms with van der Waals surface area (Å²) in [6.07, 6.45) is 3.16. The Morgan fingerprint density at radius 1 is 1.53 bits per heavy atom. The van der Waals surface area contributed by atoms with E-state index in [9.17, 15) is 0 Å². The van der Waals surface area contributed by atoms with Crippen molar-refractivity contribution >= 4 is 5.95 Å². The zero-order valence-corrected chi connectivity index (χ0v) is 8.88. The molecule has 5 nitrogen and oxygen atoms in total. The summed E-state index contributed by atoms with van der Waals surface area (Å²) in [5.74, 6) is 0.505. The molecule has 0 amide bonds. The lowest BCUT2D eigenvalue weighted by atomic mass is 10.2. The van der Waals surface area contributed by atoms with E-state index in [1.54, 1.807) is 12.4 Å². The molecule has 1 atom stereocenters. The summed E-state index contributed by atoms with van der Waals surface area (Å²) in [5, 5.41) is 17.5. The molecule has 5 heteroatoms. The van der Waals surface area contributed by atoms with Crippen LogP contribution in [-0.2, 0) is 6.61 Å². The van der Waals surface area contributed by atoms with Crippen LogP contribution in [0.2, 0.25) is 0 Å². The van der Waals surface area contributed by atoms with Crippen molar-refractivity contribution in [3.8, 4) is 6.07 Å². The minimum absolute atomic E-state index is 0.0570.